The minimum Gasteiger partial charge on any atom is -0.459 e. The number of rotatable bonds is 10. The molecule has 0 saturated heterocycles. The van der Waals surface area contributed by atoms with Crippen LogP contribution in [0.2, 0.25) is 0 Å². The van der Waals surface area contributed by atoms with Gasteiger partial charge in [-0.2, -0.15) is 0 Å². The van der Waals surface area contributed by atoms with Gasteiger partial charge in [0.25, 0.3) is 0 Å². The summed E-state index contributed by atoms with van der Waals surface area (Å²) in [5.41, 5.74) is -1.68. The Hall–Kier alpha value is -1.20. The molecule has 0 heterocycles. The van der Waals surface area contributed by atoms with E-state index < -0.39 is 23.3 Å². The second kappa shape index (κ2) is 8.87. The van der Waals surface area contributed by atoms with Gasteiger partial charge in [-0.1, -0.05) is 31.9 Å². The van der Waals surface area contributed by atoms with Crippen LogP contribution in [0.1, 0.15) is 73.6 Å². The van der Waals surface area contributed by atoms with Crippen LogP contribution in [0.3, 0.4) is 0 Å². The number of fused-ring (bicyclic) bond motifs is 1. The van der Waals surface area contributed by atoms with Crippen LogP contribution < -0.4 is 0 Å². The smallest absolute Gasteiger partial charge is 0.321 e. The zero-order valence-corrected chi connectivity index (χ0v) is 17.7. The monoisotopic (exact) mass is 380 g/mol. The number of Topliss-reactive ketones (excluding diaryl/α,β-unsaturated/α-hetero) is 1. The largest absolute Gasteiger partial charge is 0.459 e. The summed E-state index contributed by atoms with van der Waals surface area (Å²) in [7, 11) is 0. The van der Waals surface area contributed by atoms with Crippen molar-refractivity contribution in [1.82, 2.24) is 0 Å². The number of hydrogen-bond donors (Lipinski definition) is 0. The Morgan fingerprint density at radius 3 is 2.59 bits per heavy atom. The zero-order chi connectivity index (χ0) is 20.2. The molecule has 5 atom stereocenters. The van der Waals surface area contributed by atoms with Gasteiger partial charge in [-0.3, -0.25) is 9.59 Å². The molecule has 3 unspecified atom stereocenters. The lowest BCUT2D eigenvalue weighted by molar-refractivity contribution is -0.166. The third kappa shape index (κ3) is 4.80. The minimum atomic E-state index is -1.06. The standard InChI is InChI=1S/C22H36O5/c1-7-9-10-11-12-13-16-19-17(26-15(3)25-8-2)14-18(23)22(16,19)20(24)27-21(4,5)6/h12-13,15-17,19H,7-11,14H2,1-6H3/t15?,16?,17?,19-,22+/m0/s1. The Morgan fingerprint density at radius 2 is 2.00 bits per heavy atom. The van der Waals surface area contributed by atoms with E-state index in [1.165, 1.54) is 12.8 Å². The number of carbonyl (C=O) groups excluding carboxylic acids is 2. The van der Waals surface area contributed by atoms with E-state index in [0.717, 1.165) is 12.8 Å². The molecule has 0 spiro atoms. The normalized spacial score (nSPS) is 31.2. The third-order valence-electron chi connectivity index (χ3n) is 5.40. The maximum absolute atomic E-state index is 13.0. The lowest BCUT2D eigenvalue weighted by Crippen LogP contribution is -2.34. The average Bonchev–Trinajstić information content (AvgIpc) is 3.13. The molecule has 0 N–H and O–H groups in total. The number of hydrogen-bond acceptors (Lipinski definition) is 5. The number of ether oxygens (including phenoxy) is 3. The highest BCUT2D eigenvalue weighted by Crippen LogP contribution is 2.68. The van der Waals surface area contributed by atoms with E-state index >= 15 is 0 Å². The number of allylic oxidation sites excluding steroid dienone is 2. The summed E-state index contributed by atoms with van der Waals surface area (Å²) in [6.45, 7) is 12.0. The second-order valence-electron chi connectivity index (χ2n) is 8.67. The molecule has 0 aromatic carbocycles. The fourth-order valence-corrected chi connectivity index (χ4v) is 4.25. The topological polar surface area (TPSA) is 61.8 Å². The summed E-state index contributed by atoms with van der Waals surface area (Å²) in [5.74, 6) is -0.735. The molecule has 27 heavy (non-hydrogen) atoms. The van der Waals surface area contributed by atoms with Crippen molar-refractivity contribution < 1.29 is 23.8 Å². The molecule has 0 aromatic heterocycles. The van der Waals surface area contributed by atoms with Gasteiger partial charge >= 0.3 is 5.97 Å². The third-order valence-corrected chi connectivity index (χ3v) is 5.40. The highest BCUT2D eigenvalue weighted by Gasteiger charge is 2.80. The van der Waals surface area contributed by atoms with E-state index in [-0.39, 0.29) is 30.1 Å². The van der Waals surface area contributed by atoms with Crippen molar-refractivity contribution in [2.24, 2.45) is 17.3 Å². The van der Waals surface area contributed by atoms with E-state index in [0.29, 0.717) is 6.61 Å². The van der Waals surface area contributed by atoms with Gasteiger partial charge in [0.1, 0.15) is 11.0 Å². The van der Waals surface area contributed by atoms with Crippen LogP contribution in [0, 0.1) is 17.3 Å². The van der Waals surface area contributed by atoms with Gasteiger partial charge in [0.2, 0.25) is 0 Å². The summed E-state index contributed by atoms with van der Waals surface area (Å²) in [5, 5.41) is 0. The summed E-state index contributed by atoms with van der Waals surface area (Å²) < 4.78 is 17.1. The Bertz CT molecular complexity index is 562. The first-order valence-electron chi connectivity index (χ1n) is 10.4. The highest BCUT2D eigenvalue weighted by molar-refractivity contribution is 6.11. The predicted molar refractivity (Wildman–Crippen MR) is 104 cm³/mol. The lowest BCUT2D eigenvalue weighted by atomic mass is 9.97. The van der Waals surface area contributed by atoms with Crippen LogP contribution in [-0.4, -0.2) is 36.4 Å². The molecule has 0 amide bonds. The van der Waals surface area contributed by atoms with Crippen LogP contribution in [0.15, 0.2) is 12.2 Å². The van der Waals surface area contributed by atoms with Crippen molar-refractivity contribution in [3.05, 3.63) is 12.2 Å². The van der Waals surface area contributed by atoms with Crippen LogP contribution in [0.5, 0.6) is 0 Å². The van der Waals surface area contributed by atoms with Gasteiger partial charge in [0.05, 0.1) is 6.10 Å². The molecule has 5 heteroatoms. The summed E-state index contributed by atoms with van der Waals surface area (Å²) >= 11 is 0. The predicted octanol–water partition coefficient (Wildman–Crippen LogP) is 4.44. The Morgan fingerprint density at radius 1 is 1.30 bits per heavy atom. The first kappa shape index (κ1) is 22.1. The second-order valence-corrected chi connectivity index (χ2v) is 8.67. The van der Waals surface area contributed by atoms with E-state index in [1.54, 1.807) is 0 Å². The summed E-state index contributed by atoms with van der Waals surface area (Å²) in [6, 6.07) is 0. The van der Waals surface area contributed by atoms with Crippen LogP contribution >= 0.6 is 0 Å². The SMILES string of the molecule is CCCCCC=CC1[C@H]2C(OC(C)OCC)CC(=O)[C@]12C(=O)OC(C)(C)C. The van der Waals surface area contributed by atoms with Crippen LogP contribution in [-0.2, 0) is 23.8 Å². The van der Waals surface area contributed by atoms with Gasteiger partial charge in [0.15, 0.2) is 12.1 Å². The molecule has 0 aromatic rings. The van der Waals surface area contributed by atoms with Gasteiger partial charge in [-0.15, -0.1) is 0 Å². The molecule has 5 nitrogen and oxygen atoms in total. The molecule has 0 radical (unpaired) electrons. The maximum Gasteiger partial charge on any atom is 0.321 e. The number of unbranched alkanes of at least 4 members (excludes halogenated alkanes) is 3. The number of ketones is 1. The number of carbonyl (C=O) groups is 2. The summed E-state index contributed by atoms with van der Waals surface area (Å²) in [6.07, 6.45) is 8.17. The van der Waals surface area contributed by atoms with E-state index in [4.69, 9.17) is 14.2 Å². The number of esters is 1. The van der Waals surface area contributed by atoms with E-state index in [1.807, 2.05) is 40.7 Å². The van der Waals surface area contributed by atoms with Gasteiger partial charge in [-0.25, -0.2) is 0 Å². The van der Waals surface area contributed by atoms with Crippen molar-refractivity contribution in [3.8, 4) is 0 Å². The Labute approximate surface area is 163 Å². The average molecular weight is 381 g/mol. The molecule has 0 aliphatic heterocycles. The van der Waals surface area contributed by atoms with Crippen LogP contribution in [0.4, 0.5) is 0 Å². The molecule has 154 valence electrons. The maximum atomic E-state index is 13.0. The lowest BCUT2D eigenvalue weighted by Gasteiger charge is -2.23. The van der Waals surface area contributed by atoms with Gasteiger partial charge in [0, 0.05) is 24.9 Å². The molecule has 2 rings (SSSR count). The van der Waals surface area contributed by atoms with Crippen molar-refractivity contribution in [2.45, 2.75) is 91.6 Å². The molecular weight excluding hydrogens is 344 g/mol. The fourth-order valence-electron chi connectivity index (χ4n) is 4.25. The molecule has 2 aliphatic carbocycles. The molecule has 2 aliphatic rings. The Kier molecular flexibility index (Phi) is 7.26. The molecule has 2 saturated carbocycles. The molecular formula is C22H36O5. The molecule has 0 bridgehead atoms. The minimum absolute atomic E-state index is 0.0568. The van der Waals surface area contributed by atoms with E-state index in [2.05, 4.69) is 13.0 Å². The molecule has 2 fully saturated rings. The first-order chi connectivity index (χ1) is 12.7. The summed E-state index contributed by atoms with van der Waals surface area (Å²) in [4.78, 5) is 25.9. The fraction of sp³-hybridized carbons (Fsp3) is 0.818. The zero-order valence-electron chi connectivity index (χ0n) is 17.7. The van der Waals surface area contributed by atoms with Crippen molar-refractivity contribution in [3.63, 3.8) is 0 Å². The quantitative estimate of drug-likeness (QED) is 0.184. The van der Waals surface area contributed by atoms with Gasteiger partial charge in [-0.05, 0) is 47.5 Å². The first-order valence-corrected chi connectivity index (χ1v) is 10.4. The van der Waals surface area contributed by atoms with Crippen molar-refractivity contribution in [1.29, 1.82) is 0 Å². The van der Waals surface area contributed by atoms with Crippen LogP contribution in [0.25, 0.3) is 0 Å². The Balaban J connectivity index is 2.16. The van der Waals surface area contributed by atoms with Crippen molar-refractivity contribution in [2.75, 3.05) is 6.61 Å². The van der Waals surface area contributed by atoms with E-state index in [9.17, 15) is 9.59 Å². The van der Waals surface area contributed by atoms with Crippen molar-refractivity contribution >= 4 is 11.8 Å². The van der Waals surface area contributed by atoms with Gasteiger partial charge < -0.3 is 14.2 Å². The highest BCUT2D eigenvalue weighted by atomic mass is 16.7.